The van der Waals surface area contributed by atoms with Crippen LogP contribution in [-0.2, 0) is 4.79 Å². The van der Waals surface area contributed by atoms with Crippen molar-refractivity contribution in [3.8, 4) is 0 Å². The molecule has 3 heteroatoms. The van der Waals surface area contributed by atoms with Crippen molar-refractivity contribution >= 4 is 5.91 Å². The third-order valence-corrected chi connectivity index (χ3v) is 3.55. The summed E-state index contributed by atoms with van der Waals surface area (Å²) in [6.45, 7) is 17.5. The first-order valence-corrected chi connectivity index (χ1v) is 8.02. The topological polar surface area (TPSA) is 32.3 Å². The molecule has 0 aliphatic rings. The van der Waals surface area contributed by atoms with Gasteiger partial charge in [-0.1, -0.05) is 33.3 Å². The molecule has 0 saturated heterocycles. The van der Waals surface area contributed by atoms with Gasteiger partial charge in [-0.25, -0.2) is 0 Å². The highest BCUT2D eigenvalue weighted by Gasteiger charge is 2.21. The maximum atomic E-state index is 11.7. The molecule has 0 rings (SSSR count). The molecule has 0 spiro atoms. The fourth-order valence-electron chi connectivity index (χ4n) is 2.01. The van der Waals surface area contributed by atoms with E-state index in [1.807, 2.05) is 0 Å². The molecule has 0 aromatic rings. The Bertz CT molecular complexity index is 289. The van der Waals surface area contributed by atoms with Gasteiger partial charge in [-0.2, -0.15) is 0 Å². The molecule has 0 aromatic carbocycles. The predicted molar refractivity (Wildman–Crippen MR) is 87.9 cm³/mol. The average molecular weight is 282 g/mol. The van der Waals surface area contributed by atoms with Crippen molar-refractivity contribution in [1.82, 2.24) is 10.2 Å². The number of rotatable bonds is 11. The summed E-state index contributed by atoms with van der Waals surface area (Å²) >= 11 is 0. The Morgan fingerprint density at radius 3 is 2.00 bits per heavy atom. The first-order valence-electron chi connectivity index (χ1n) is 8.02. The highest BCUT2D eigenvalue weighted by molar-refractivity contribution is 5.92. The molecule has 118 valence electrons. The Hall–Kier alpha value is -0.830. The molecule has 0 atom stereocenters. The number of carbonyl (C=O) groups is 1. The molecule has 20 heavy (non-hydrogen) atoms. The van der Waals surface area contributed by atoms with E-state index in [4.69, 9.17) is 0 Å². The molecule has 0 unspecified atom stereocenters. The lowest BCUT2D eigenvalue weighted by molar-refractivity contribution is -0.119. The molecule has 0 radical (unpaired) electrons. The van der Waals surface area contributed by atoms with Gasteiger partial charge in [-0.15, -0.1) is 0 Å². The van der Waals surface area contributed by atoms with Crippen LogP contribution >= 0.6 is 0 Å². The van der Waals surface area contributed by atoms with Crippen LogP contribution in [0.4, 0.5) is 0 Å². The van der Waals surface area contributed by atoms with Crippen LogP contribution in [0.15, 0.2) is 12.2 Å². The Morgan fingerprint density at radius 1 is 1.10 bits per heavy atom. The minimum Gasteiger partial charge on any atom is -0.347 e. The van der Waals surface area contributed by atoms with Crippen LogP contribution in [0, 0.1) is 0 Å². The van der Waals surface area contributed by atoms with Crippen LogP contribution in [0.2, 0.25) is 0 Å². The van der Waals surface area contributed by atoms with Gasteiger partial charge in [0, 0.05) is 17.7 Å². The first-order chi connectivity index (χ1) is 9.32. The van der Waals surface area contributed by atoms with Gasteiger partial charge in [-0.3, -0.25) is 4.79 Å². The smallest absolute Gasteiger partial charge is 0.246 e. The molecule has 0 aromatic heterocycles. The Kier molecular flexibility index (Phi) is 9.56. The predicted octanol–water partition coefficient (Wildman–Crippen LogP) is 3.75. The molecule has 1 N–H and O–H groups in total. The molecule has 1 amide bonds. The van der Waals surface area contributed by atoms with E-state index in [9.17, 15) is 4.79 Å². The molecule has 0 bridgehead atoms. The van der Waals surface area contributed by atoms with E-state index < -0.39 is 0 Å². The van der Waals surface area contributed by atoms with E-state index in [0.29, 0.717) is 5.57 Å². The standard InChI is InChI=1S/C17H34N2O/c1-7-9-12-19(13-10-8-2)14-11-17(5,6)18-16(20)15(3)4/h3,7-14H2,1-2,4-6H3,(H,18,20). The lowest BCUT2D eigenvalue weighted by atomic mass is 9.99. The van der Waals surface area contributed by atoms with Crippen molar-refractivity contribution in [1.29, 1.82) is 0 Å². The average Bonchev–Trinajstić information content (AvgIpc) is 2.37. The summed E-state index contributed by atoms with van der Waals surface area (Å²) in [5, 5.41) is 3.06. The van der Waals surface area contributed by atoms with E-state index in [-0.39, 0.29) is 11.4 Å². The minimum atomic E-state index is -0.174. The second kappa shape index (κ2) is 9.98. The Labute approximate surface area is 125 Å². The highest BCUT2D eigenvalue weighted by atomic mass is 16.1. The quantitative estimate of drug-likeness (QED) is 0.585. The van der Waals surface area contributed by atoms with Gasteiger partial charge in [0.05, 0.1) is 0 Å². The van der Waals surface area contributed by atoms with Crippen LogP contribution in [0.25, 0.3) is 0 Å². The molecule has 0 aliphatic heterocycles. The zero-order chi connectivity index (χ0) is 15.6. The van der Waals surface area contributed by atoms with Crippen molar-refractivity contribution in [2.75, 3.05) is 19.6 Å². The molecule has 0 saturated carbocycles. The fourth-order valence-corrected chi connectivity index (χ4v) is 2.01. The summed E-state index contributed by atoms with van der Waals surface area (Å²) in [5.74, 6) is -0.0383. The number of carbonyl (C=O) groups excluding carboxylic acids is 1. The summed E-state index contributed by atoms with van der Waals surface area (Å²) in [4.78, 5) is 14.3. The minimum absolute atomic E-state index is 0.0383. The molecule has 3 nitrogen and oxygen atoms in total. The van der Waals surface area contributed by atoms with Crippen molar-refractivity contribution in [3.63, 3.8) is 0 Å². The first kappa shape index (κ1) is 19.2. The summed E-state index contributed by atoms with van der Waals surface area (Å²) in [6.07, 6.45) is 5.95. The molecule has 0 aliphatic carbocycles. The number of nitrogens with zero attached hydrogens (tertiary/aromatic N) is 1. The largest absolute Gasteiger partial charge is 0.347 e. The number of nitrogens with one attached hydrogen (secondary N) is 1. The molecular weight excluding hydrogens is 248 g/mol. The Balaban J connectivity index is 4.27. The van der Waals surface area contributed by atoms with Crippen LogP contribution < -0.4 is 5.32 Å². The molecule has 0 fully saturated rings. The third-order valence-electron chi connectivity index (χ3n) is 3.55. The van der Waals surface area contributed by atoms with E-state index in [2.05, 4.69) is 44.5 Å². The van der Waals surface area contributed by atoms with Gasteiger partial charge < -0.3 is 10.2 Å². The van der Waals surface area contributed by atoms with Crippen LogP contribution in [0.3, 0.4) is 0 Å². The summed E-state index contributed by atoms with van der Waals surface area (Å²) in [7, 11) is 0. The number of amides is 1. The van der Waals surface area contributed by atoms with E-state index in [1.54, 1.807) is 6.92 Å². The van der Waals surface area contributed by atoms with Crippen LogP contribution in [-0.4, -0.2) is 36.0 Å². The second-order valence-electron chi connectivity index (χ2n) is 6.42. The molecular formula is C17H34N2O. The lowest BCUT2D eigenvalue weighted by Crippen LogP contribution is -2.46. The maximum absolute atomic E-state index is 11.7. The van der Waals surface area contributed by atoms with Crippen LogP contribution in [0.1, 0.15) is 66.7 Å². The number of hydrogen-bond acceptors (Lipinski definition) is 2. The van der Waals surface area contributed by atoms with E-state index in [1.165, 1.54) is 38.8 Å². The van der Waals surface area contributed by atoms with Gasteiger partial charge in [0.25, 0.3) is 0 Å². The summed E-state index contributed by atoms with van der Waals surface area (Å²) in [6, 6.07) is 0. The third kappa shape index (κ3) is 9.13. The summed E-state index contributed by atoms with van der Waals surface area (Å²) < 4.78 is 0. The van der Waals surface area contributed by atoms with Crippen molar-refractivity contribution < 1.29 is 4.79 Å². The van der Waals surface area contributed by atoms with Gasteiger partial charge in [0.15, 0.2) is 0 Å². The normalized spacial score (nSPS) is 11.7. The van der Waals surface area contributed by atoms with Crippen molar-refractivity contribution in [3.05, 3.63) is 12.2 Å². The van der Waals surface area contributed by atoms with Gasteiger partial charge in [0.2, 0.25) is 5.91 Å². The van der Waals surface area contributed by atoms with Gasteiger partial charge in [0.1, 0.15) is 0 Å². The zero-order valence-corrected chi connectivity index (χ0v) is 14.2. The summed E-state index contributed by atoms with van der Waals surface area (Å²) in [5.41, 5.74) is 0.402. The SMILES string of the molecule is C=C(C)C(=O)NC(C)(C)CCN(CCCC)CCCC. The Morgan fingerprint density at radius 2 is 1.60 bits per heavy atom. The van der Waals surface area contributed by atoms with E-state index in [0.717, 1.165) is 13.0 Å². The van der Waals surface area contributed by atoms with E-state index >= 15 is 0 Å². The van der Waals surface area contributed by atoms with Gasteiger partial charge >= 0.3 is 0 Å². The molecule has 0 heterocycles. The fraction of sp³-hybridized carbons (Fsp3) is 0.824. The number of hydrogen-bond donors (Lipinski definition) is 1. The van der Waals surface area contributed by atoms with Crippen LogP contribution in [0.5, 0.6) is 0 Å². The monoisotopic (exact) mass is 282 g/mol. The number of unbranched alkanes of at least 4 members (excludes halogenated alkanes) is 2. The second-order valence-corrected chi connectivity index (χ2v) is 6.42. The lowest BCUT2D eigenvalue weighted by Gasteiger charge is -2.30. The van der Waals surface area contributed by atoms with Gasteiger partial charge in [-0.05, 0) is 53.1 Å². The van der Waals surface area contributed by atoms with Crippen molar-refractivity contribution in [2.24, 2.45) is 0 Å². The maximum Gasteiger partial charge on any atom is 0.246 e. The van der Waals surface area contributed by atoms with Crippen molar-refractivity contribution in [2.45, 2.75) is 72.3 Å². The zero-order valence-electron chi connectivity index (χ0n) is 14.2. The highest BCUT2D eigenvalue weighted by Crippen LogP contribution is 2.11.